The fourth-order valence-electron chi connectivity index (χ4n) is 2.23. The molecule has 0 spiro atoms. The van der Waals surface area contributed by atoms with E-state index in [2.05, 4.69) is 0 Å². The molecule has 1 aromatic rings. The van der Waals surface area contributed by atoms with Gasteiger partial charge in [0, 0.05) is 10.9 Å². The first-order valence-electron chi connectivity index (χ1n) is 4.94. The second kappa shape index (κ2) is 3.76. The Kier molecular flexibility index (Phi) is 2.53. The third-order valence-corrected chi connectivity index (χ3v) is 3.47. The van der Waals surface area contributed by atoms with Gasteiger partial charge in [-0.1, -0.05) is 29.8 Å². The van der Waals surface area contributed by atoms with Gasteiger partial charge in [-0.25, -0.2) is 0 Å². The van der Waals surface area contributed by atoms with Crippen LogP contribution in [0.4, 0.5) is 0 Å². The van der Waals surface area contributed by atoms with Crippen LogP contribution in [0.1, 0.15) is 11.5 Å². The molecular weight excluding hydrogens is 238 g/mol. The average molecular weight is 246 g/mol. The van der Waals surface area contributed by atoms with Crippen molar-refractivity contribution in [1.82, 2.24) is 0 Å². The number of carbonyl (C=O) groups is 1. The maximum atomic E-state index is 11.3. The van der Waals surface area contributed by atoms with Crippen molar-refractivity contribution in [3.8, 4) is 12.1 Å². The minimum Gasteiger partial charge on any atom is -0.369 e. The van der Waals surface area contributed by atoms with E-state index < -0.39 is 23.2 Å². The van der Waals surface area contributed by atoms with E-state index in [-0.39, 0.29) is 0 Å². The van der Waals surface area contributed by atoms with E-state index >= 15 is 0 Å². The van der Waals surface area contributed by atoms with Crippen molar-refractivity contribution in [3.63, 3.8) is 0 Å². The lowest BCUT2D eigenvalue weighted by atomic mass is 10.0. The van der Waals surface area contributed by atoms with E-state index in [1.807, 2.05) is 12.1 Å². The molecule has 1 aromatic carbocycles. The standard InChI is InChI=1S/C12H8ClN3O/c13-8-4-2-1-3-7(8)9-10(11(16)17)12(9,5-14)6-15/h1-4,9-10H,(H2,16,17). The molecule has 1 fully saturated rings. The zero-order valence-corrected chi connectivity index (χ0v) is 9.48. The third-order valence-electron chi connectivity index (χ3n) is 3.12. The number of nitriles is 2. The molecule has 0 aliphatic heterocycles. The SMILES string of the molecule is N#CC1(C#N)C(C(N)=O)C1c1ccccc1Cl. The molecule has 17 heavy (non-hydrogen) atoms. The predicted molar refractivity (Wildman–Crippen MR) is 60.5 cm³/mol. The number of rotatable bonds is 2. The Morgan fingerprint density at radius 1 is 1.35 bits per heavy atom. The summed E-state index contributed by atoms with van der Waals surface area (Å²) in [5.74, 6) is -1.95. The summed E-state index contributed by atoms with van der Waals surface area (Å²) in [5.41, 5.74) is 4.48. The van der Waals surface area contributed by atoms with Crippen LogP contribution in [0, 0.1) is 34.0 Å². The average Bonchev–Trinajstić information content (AvgIpc) is 2.99. The second-order valence-corrected chi connectivity index (χ2v) is 4.38. The van der Waals surface area contributed by atoms with Crippen molar-refractivity contribution >= 4 is 17.5 Å². The van der Waals surface area contributed by atoms with Gasteiger partial charge in [0.15, 0.2) is 5.41 Å². The maximum absolute atomic E-state index is 11.3. The number of nitrogens with two attached hydrogens (primary N) is 1. The van der Waals surface area contributed by atoms with Crippen LogP contribution in [0.3, 0.4) is 0 Å². The van der Waals surface area contributed by atoms with Gasteiger partial charge in [0.05, 0.1) is 18.1 Å². The number of halogens is 1. The third kappa shape index (κ3) is 1.46. The monoisotopic (exact) mass is 245 g/mol. The molecule has 0 aromatic heterocycles. The van der Waals surface area contributed by atoms with E-state index in [1.165, 1.54) is 0 Å². The molecule has 1 aliphatic rings. The van der Waals surface area contributed by atoms with Gasteiger partial charge in [-0.2, -0.15) is 10.5 Å². The van der Waals surface area contributed by atoms with Crippen LogP contribution in [0.25, 0.3) is 0 Å². The molecule has 0 radical (unpaired) electrons. The summed E-state index contributed by atoms with van der Waals surface area (Å²) < 4.78 is 0. The summed E-state index contributed by atoms with van der Waals surface area (Å²) in [6.07, 6.45) is 0. The zero-order chi connectivity index (χ0) is 12.6. The number of benzene rings is 1. The molecule has 1 saturated carbocycles. The first kappa shape index (κ1) is 11.4. The second-order valence-electron chi connectivity index (χ2n) is 3.97. The minimum absolute atomic E-state index is 0.441. The van der Waals surface area contributed by atoms with E-state index in [9.17, 15) is 4.79 Å². The molecule has 84 valence electrons. The van der Waals surface area contributed by atoms with Crippen molar-refractivity contribution in [1.29, 1.82) is 10.5 Å². The van der Waals surface area contributed by atoms with Crippen LogP contribution in [-0.2, 0) is 4.79 Å². The highest BCUT2D eigenvalue weighted by Gasteiger charge is 2.70. The van der Waals surface area contributed by atoms with Crippen LogP contribution in [0.2, 0.25) is 5.02 Å². The van der Waals surface area contributed by atoms with Gasteiger partial charge < -0.3 is 5.73 Å². The van der Waals surface area contributed by atoms with Crippen LogP contribution in [0.5, 0.6) is 0 Å². The fraction of sp³-hybridized carbons (Fsp3) is 0.250. The summed E-state index contributed by atoms with van der Waals surface area (Å²) in [6.45, 7) is 0. The van der Waals surface area contributed by atoms with Gasteiger partial charge in [-0.15, -0.1) is 0 Å². The highest BCUT2D eigenvalue weighted by Crippen LogP contribution is 2.64. The van der Waals surface area contributed by atoms with Crippen LogP contribution < -0.4 is 5.73 Å². The topological polar surface area (TPSA) is 90.7 Å². The van der Waals surface area contributed by atoms with Crippen LogP contribution >= 0.6 is 11.6 Å². The molecule has 4 nitrogen and oxygen atoms in total. The number of hydrogen-bond donors (Lipinski definition) is 1. The van der Waals surface area contributed by atoms with E-state index in [0.717, 1.165) is 0 Å². The number of carbonyl (C=O) groups excluding carboxylic acids is 1. The van der Waals surface area contributed by atoms with Gasteiger partial charge in [0.25, 0.3) is 0 Å². The largest absolute Gasteiger partial charge is 0.369 e. The highest BCUT2D eigenvalue weighted by atomic mass is 35.5. The quantitative estimate of drug-likeness (QED) is 0.857. The van der Waals surface area contributed by atoms with Gasteiger partial charge in [0.1, 0.15) is 0 Å². The van der Waals surface area contributed by atoms with Gasteiger partial charge >= 0.3 is 0 Å². The molecule has 0 heterocycles. The van der Waals surface area contributed by atoms with E-state index in [1.54, 1.807) is 24.3 Å². The summed E-state index contributed by atoms with van der Waals surface area (Å²) in [7, 11) is 0. The molecule has 5 heteroatoms. The van der Waals surface area contributed by atoms with Crippen LogP contribution in [-0.4, -0.2) is 5.91 Å². The van der Waals surface area contributed by atoms with Crippen molar-refractivity contribution < 1.29 is 4.79 Å². The fourth-order valence-corrected chi connectivity index (χ4v) is 2.49. The number of nitrogens with zero attached hydrogens (tertiary/aromatic N) is 2. The first-order chi connectivity index (χ1) is 8.08. The molecule has 1 aliphatic carbocycles. The Morgan fingerprint density at radius 3 is 2.35 bits per heavy atom. The Labute approximate surface area is 103 Å². The first-order valence-corrected chi connectivity index (χ1v) is 5.32. The van der Waals surface area contributed by atoms with E-state index in [4.69, 9.17) is 27.9 Å². The molecular formula is C12H8ClN3O. The lowest BCUT2D eigenvalue weighted by Gasteiger charge is -2.01. The smallest absolute Gasteiger partial charge is 0.223 e. The van der Waals surface area contributed by atoms with Crippen molar-refractivity contribution in [3.05, 3.63) is 34.9 Å². The number of hydrogen-bond acceptors (Lipinski definition) is 3. The lowest BCUT2D eigenvalue weighted by Crippen LogP contribution is -2.17. The van der Waals surface area contributed by atoms with Crippen LogP contribution in [0.15, 0.2) is 24.3 Å². The number of primary amides is 1. The Hall–Kier alpha value is -2.04. The van der Waals surface area contributed by atoms with Gasteiger partial charge in [-0.3, -0.25) is 4.79 Å². The predicted octanol–water partition coefficient (Wildman–Crippen LogP) is 1.57. The summed E-state index contributed by atoms with van der Waals surface area (Å²) >= 11 is 6.00. The molecule has 0 saturated heterocycles. The summed E-state index contributed by atoms with van der Waals surface area (Å²) in [6, 6.07) is 10.6. The molecule has 2 unspecified atom stereocenters. The summed E-state index contributed by atoms with van der Waals surface area (Å²) in [5, 5.41) is 18.6. The van der Waals surface area contributed by atoms with Crippen molar-refractivity contribution in [2.24, 2.45) is 17.1 Å². The molecule has 2 atom stereocenters. The molecule has 1 amide bonds. The minimum atomic E-state index is -1.36. The molecule has 2 rings (SSSR count). The molecule has 2 N–H and O–H groups in total. The summed E-state index contributed by atoms with van der Waals surface area (Å²) in [4.78, 5) is 11.3. The number of amides is 1. The van der Waals surface area contributed by atoms with E-state index in [0.29, 0.717) is 10.6 Å². The maximum Gasteiger partial charge on any atom is 0.223 e. The molecule has 0 bridgehead atoms. The highest BCUT2D eigenvalue weighted by molar-refractivity contribution is 6.31. The zero-order valence-electron chi connectivity index (χ0n) is 8.72. The Bertz CT molecular complexity index is 556. The van der Waals surface area contributed by atoms with Crippen molar-refractivity contribution in [2.75, 3.05) is 0 Å². The Balaban J connectivity index is 2.50. The van der Waals surface area contributed by atoms with Crippen molar-refractivity contribution in [2.45, 2.75) is 5.92 Å². The normalized spacial score (nSPS) is 24.4. The Morgan fingerprint density at radius 2 is 1.94 bits per heavy atom. The van der Waals surface area contributed by atoms with Gasteiger partial charge in [-0.05, 0) is 11.6 Å². The van der Waals surface area contributed by atoms with Gasteiger partial charge in [0.2, 0.25) is 5.91 Å². The lowest BCUT2D eigenvalue weighted by molar-refractivity contribution is -0.119.